The lowest BCUT2D eigenvalue weighted by Crippen LogP contribution is -2.56. The van der Waals surface area contributed by atoms with Crippen molar-refractivity contribution < 1.29 is 28.0 Å². The number of benzene rings is 2. The number of carbonyl (C=O) groups excluding carboxylic acids is 1. The summed E-state index contributed by atoms with van der Waals surface area (Å²) >= 11 is 5.76. The third-order valence-corrected chi connectivity index (χ3v) is 4.39. The summed E-state index contributed by atoms with van der Waals surface area (Å²) in [6.45, 7) is 0. The number of rotatable bonds is 3. The predicted molar refractivity (Wildman–Crippen MR) is 92.9 cm³/mol. The molecule has 2 aromatic rings. The smallest absolute Gasteiger partial charge is 0.362 e. The van der Waals surface area contributed by atoms with E-state index < -0.39 is 29.2 Å². The molecular formula is C17H11ClF3N3O4. The number of hydrogen-bond donors (Lipinski definition) is 1. The number of aliphatic hydroxyl groups is 1. The van der Waals surface area contributed by atoms with Crippen LogP contribution >= 0.6 is 11.6 Å². The Kier molecular flexibility index (Phi) is 4.86. The maximum atomic E-state index is 13.6. The van der Waals surface area contributed by atoms with Crippen LogP contribution in [0.4, 0.5) is 18.9 Å². The van der Waals surface area contributed by atoms with E-state index in [2.05, 4.69) is 5.10 Å². The Morgan fingerprint density at radius 2 is 1.75 bits per heavy atom. The van der Waals surface area contributed by atoms with E-state index in [1.165, 1.54) is 24.3 Å². The van der Waals surface area contributed by atoms with Crippen LogP contribution in [-0.2, 0) is 0 Å². The molecule has 1 heterocycles. The monoisotopic (exact) mass is 413 g/mol. The number of hydrazone groups is 1. The van der Waals surface area contributed by atoms with E-state index >= 15 is 0 Å². The van der Waals surface area contributed by atoms with Gasteiger partial charge in [-0.15, -0.1) is 0 Å². The molecule has 2 aromatic carbocycles. The quantitative estimate of drug-likeness (QED) is 0.612. The molecule has 0 radical (unpaired) electrons. The number of halogens is 4. The number of nitro benzene ring substituents is 1. The van der Waals surface area contributed by atoms with Gasteiger partial charge in [0.05, 0.1) is 17.1 Å². The zero-order chi connectivity index (χ0) is 20.7. The SMILES string of the molecule is O=C(c1ccc([N+](=O)[O-])cc1)N1N=C(c2ccc(Cl)cc2)C[C@@]1(O)C(F)(F)F. The van der Waals surface area contributed by atoms with Gasteiger partial charge in [-0.25, -0.2) is 0 Å². The van der Waals surface area contributed by atoms with Crippen LogP contribution in [0.2, 0.25) is 5.02 Å². The maximum absolute atomic E-state index is 13.6. The first-order valence-electron chi connectivity index (χ1n) is 7.74. The summed E-state index contributed by atoms with van der Waals surface area (Å²) in [5, 5.41) is 25.0. The van der Waals surface area contributed by atoms with Gasteiger partial charge in [0.15, 0.2) is 0 Å². The first kappa shape index (κ1) is 19.8. The Morgan fingerprint density at radius 1 is 1.18 bits per heavy atom. The average molecular weight is 414 g/mol. The molecule has 3 rings (SSSR count). The van der Waals surface area contributed by atoms with Gasteiger partial charge < -0.3 is 5.11 Å². The van der Waals surface area contributed by atoms with Crippen molar-refractivity contribution in [2.45, 2.75) is 18.3 Å². The van der Waals surface area contributed by atoms with Crippen LogP contribution in [-0.4, -0.2) is 38.6 Å². The lowest BCUT2D eigenvalue weighted by atomic mass is 10.0. The van der Waals surface area contributed by atoms with E-state index in [1.54, 1.807) is 0 Å². The molecule has 11 heteroatoms. The first-order valence-corrected chi connectivity index (χ1v) is 8.12. The molecule has 0 spiro atoms. The molecule has 1 aliphatic heterocycles. The van der Waals surface area contributed by atoms with Crippen LogP contribution in [0.25, 0.3) is 0 Å². The van der Waals surface area contributed by atoms with Crippen molar-refractivity contribution in [2.75, 3.05) is 0 Å². The number of nitro groups is 1. The second-order valence-electron chi connectivity index (χ2n) is 5.97. The number of non-ortho nitro benzene ring substituents is 1. The fourth-order valence-corrected chi connectivity index (χ4v) is 2.76. The number of alkyl halides is 3. The van der Waals surface area contributed by atoms with Crippen LogP contribution in [0, 0.1) is 10.1 Å². The van der Waals surface area contributed by atoms with Gasteiger partial charge in [0, 0.05) is 22.7 Å². The molecule has 1 aliphatic rings. The van der Waals surface area contributed by atoms with Gasteiger partial charge in [-0.2, -0.15) is 23.3 Å². The van der Waals surface area contributed by atoms with Gasteiger partial charge in [-0.1, -0.05) is 23.7 Å². The molecule has 1 amide bonds. The maximum Gasteiger partial charge on any atom is 0.438 e. The van der Waals surface area contributed by atoms with Crippen LogP contribution in [0.1, 0.15) is 22.3 Å². The Labute approximate surface area is 160 Å². The Balaban J connectivity index is 2.01. The van der Waals surface area contributed by atoms with Gasteiger partial charge in [0.2, 0.25) is 0 Å². The lowest BCUT2D eigenvalue weighted by molar-refractivity contribution is -0.384. The van der Waals surface area contributed by atoms with Crippen LogP contribution in [0.15, 0.2) is 53.6 Å². The van der Waals surface area contributed by atoms with Crippen molar-refractivity contribution >= 4 is 28.9 Å². The van der Waals surface area contributed by atoms with Gasteiger partial charge in [-0.05, 0) is 29.8 Å². The van der Waals surface area contributed by atoms with E-state index in [4.69, 9.17) is 11.6 Å². The van der Waals surface area contributed by atoms with Crippen molar-refractivity contribution in [3.63, 3.8) is 0 Å². The summed E-state index contributed by atoms with van der Waals surface area (Å²) < 4.78 is 40.7. The Hall–Kier alpha value is -2.98. The van der Waals surface area contributed by atoms with E-state index in [-0.39, 0.29) is 27.5 Å². The zero-order valence-electron chi connectivity index (χ0n) is 13.9. The molecule has 0 bridgehead atoms. The van der Waals surface area contributed by atoms with Crippen molar-refractivity contribution in [2.24, 2.45) is 5.10 Å². The number of nitrogens with zero attached hydrogens (tertiary/aromatic N) is 3. The summed E-state index contributed by atoms with van der Waals surface area (Å²) in [5.74, 6) is -1.25. The minimum Gasteiger partial charge on any atom is -0.362 e. The summed E-state index contributed by atoms with van der Waals surface area (Å²) in [7, 11) is 0. The van der Waals surface area contributed by atoms with E-state index in [0.717, 1.165) is 24.3 Å². The fraction of sp³-hybridized carbons (Fsp3) is 0.176. The van der Waals surface area contributed by atoms with Gasteiger partial charge in [0.25, 0.3) is 17.3 Å². The molecule has 1 N–H and O–H groups in total. The molecule has 0 saturated carbocycles. The van der Waals surface area contributed by atoms with Crippen LogP contribution < -0.4 is 0 Å². The van der Waals surface area contributed by atoms with E-state index in [9.17, 15) is 33.2 Å². The van der Waals surface area contributed by atoms with Gasteiger partial charge in [-0.3, -0.25) is 14.9 Å². The van der Waals surface area contributed by atoms with Crippen LogP contribution in [0.5, 0.6) is 0 Å². The largest absolute Gasteiger partial charge is 0.438 e. The molecule has 0 aromatic heterocycles. The Bertz CT molecular complexity index is 961. The second-order valence-corrected chi connectivity index (χ2v) is 6.40. The summed E-state index contributed by atoms with van der Waals surface area (Å²) in [5.41, 5.74) is -4.09. The summed E-state index contributed by atoms with van der Waals surface area (Å²) in [4.78, 5) is 22.6. The van der Waals surface area contributed by atoms with Gasteiger partial charge >= 0.3 is 6.18 Å². The van der Waals surface area contributed by atoms with Crippen molar-refractivity contribution in [1.82, 2.24) is 5.01 Å². The first-order chi connectivity index (χ1) is 13.0. The number of carbonyl (C=O) groups is 1. The highest BCUT2D eigenvalue weighted by molar-refractivity contribution is 6.30. The molecule has 146 valence electrons. The molecule has 28 heavy (non-hydrogen) atoms. The highest BCUT2D eigenvalue weighted by atomic mass is 35.5. The third kappa shape index (κ3) is 3.43. The number of hydrogen-bond acceptors (Lipinski definition) is 5. The number of amides is 1. The molecule has 7 nitrogen and oxygen atoms in total. The predicted octanol–water partition coefficient (Wildman–Crippen LogP) is 3.75. The minimum atomic E-state index is -5.19. The normalized spacial score (nSPS) is 19.5. The van der Waals surface area contributed by atoms with E-state index in [1.807, 2.05) is 0 Å². The van der Waals surface area contributed by atoms with Gasteiger partial charge in [0.1, 0.15) is 0 Å². The lowest BCUT2D eigenvalue weighted by Gasteiger charge is -2.32. The third-order valence-electron chi connectivity index (χ3n) is 4.13. The Morgan fingerprint density at radius 3 is 2.25 bits per heavy atom. The topological polar surface area (TPSA) is 96.0 Å². The average Bonchev–Trinajstić information content (AvgIpc) is 3.00. The molecule has 0 aliphatic carbocycles. The molecular weight excluding hydrogens is 403 g/mol. The molecule has 0 unspecified atom stereocenters. The van der Waals surface area contributed by atoms with Crippen LogP contribution in [0.3, 0.4) is 0 Å². The minimum absolute atomic E-state index is 0.0435. The standard InChI is InChI=1S/C17H11ClF3N3O4/c18-12-5-1-10(2-6-12)14-9-16(26,17(19,20)21)23(22-14)15(25)11-3-7-13(8-4-11)24(27)28/h1-8,26H,9H2/t16-/m1/s1. The summed E-state index contributed by atoms with van der Waals surface area (Å²) in [6.07, 6.45) is -6.17. The molecule has 0 fully saturated rings. The fourth-order valence-electron chi connectivity index (χ4n) is 2.63. The zero-order valence-corrected chi connectivity index (χ0v) is 14.6. The van der Waals surface area contributed by atoms with Crippen molar-refractivity contribution in [3.8, 4) is 0 Å². The van der Waals surface area contributed by atoms with Crippen molar-refractivity contribution in [1.29, 1.82) is 0 Å². The van der Waals surface area contributed by atoms with Crippen molar-refractivity contribution in [3.05, 3.63) is 74.8 Å². The second kappa shape index (κ2) is 6.88. The summed E-state index contributed by atoms with van der Waals surface area (Å²) in [6, 6.07) is 9.63. The molecule has 0 saturated heterocycles. The molecule has 1 atom stereocenters. The highest BCUT2D eigenvalue weighted by Crippen LogP contribution is 2.42. The van der Waals surface area contributed by atoms with E-state index in [0.29, 0.717) is 5.02 Å². The highest BCUT2D eigenvalue weighted by Gasteiger charge is 2.63.